The zero-order valence-corrected chi connectivity index (χ0v) is 11.0. The van der Waals surface area contributed by atoms with Gasteiger partial charge in [-0.15, -0.1) is 0 Å². The van der Waals surface area contributed by atoms with Crippen LogP contribution in [0.3, 0.4) is 0 Å². The Hall–Kier alpha value is -1.90. The Morgan fingerprint density at radius 3 is 2.74 bits per heavy atom. The summed E-state index contributed by atoms with van der Waals surface area (Å²) in [5, 5.41) is 0. The summed E-state index contributed by atoms with van der Waals surface area (Å²) in [5.41, 5.74) is 2.25. The third-order valence-electron chi connectivity index (χ3n) is 3.10. The van der Waals surface area contributed by atoms with Crippen molar-refractivity contribution >= 4 is 11.8 Å². The molecule has 0 N–H and O–H groups in total. The number of ether oxygens (including phenoxy) is 1. The van der Waals surface area contributed by atoms with Gasteiger partial charge in [0.05, 0.1) is 0 Å². The number of carbonyl (C=O) groups is 2. The number of fused-ring (bicyclic) bond motifs is 1. The van der Waals surface area contributed by atoms with Gasteiger partial charge >= 0.3 is 5.97 Å². The number of hydrogen-bond donors (Lipinski definition) is 0. The van der Waals surface area contributed by atoms with Crippen LogP contribution in [0.25, 0.3) is 0 Å². The zero-order chi connectivity index (χ0) is 13.7. The van der Waals surface area contributed by atoms with Gasteiger partial charge in [0.2, 0.25) is 0 Å². The summed E-state index contributed by atoms with van der Waals surface area (Å²) in [6.07, 6.45) is 6.79. The van der Waals surface area contributed by atoms with E-state index in [2.05, 4.69) is 6.42 Å². The van der Waals surface area contributed by atoms with Crippen LogP contribution >= 0.6 is 0 Å². The van der Waals surface area contributed by atoms with Gasteiger partial charge in [-0.3, -0.25) is 9.59 Å². The summed E-state index contributed by atoms with van der Waals surface area (Å²) in [6.45, 7) is 1.33. The largest absolute Gasteiger partial charge is 0.454 e. The molecule has 1 aliphatic rings. The van der Waals surface area contributed by atoms with Gasteiger partial charge in [-0.2, -0.15) is 0 Å². The van der Waals surface area contributed by atoms with Gasteiger partial charge in [0.25, 0.3) is 0 Å². The normalized spacial score (nSPS) is 21.3. The molecule has 0 saturated carbocycles. The third-order valence-corrected chi connectivity index (χ3v) is 3.10. The van der Waals surface area contributed by atoms with Gasteiger partial charge in [0.15, 0.2) is 11.9 Å². The molecule has 0 spiro atoms. The lowest BCUT2D eigenvalue weighted by atomic mass is 9.94. The molecule has 0 heterocycles. The number of benzene rings is 1. The van der Waals surface area contributed by atoms with E-state index in [1.807, 2.05) is 30.3 Å². The first kappa shape index (κ1) is 13.5. The lowest BCUT2D eigenvalue weighted by molar-refractivity contribution is -0.151. The smallest absolute Gasteiger partial charge is 0.303 e. The van der Waals surface area contributed by atoms with E-state index in [1.54, 1.807) is 0 Å². The predicted molar refractivity (Wildman–Crippen MR) is 72.5 cm³/mol. The van der Waals surface area contributed by atoms with E-state index < -0.39 is 12.1 Å². The monoisotopic (exact) mass is 257 g/mol. The highest BCUT2D eigenvalue weighted by molar-refractivity contribution is 5.95. The van der Waals surface area contributed by atoms with Crippen LogP contribution in [0.4, 0.5) is 0 Å². The number of ketones is 1. The van der Waals surface area contributed by atoms with Crippen LogP contribution in [0.15, 0.2) is 36.4 Å². The maximum absolute atomic E-state index is 12.0. The predicted octanol–water partition coefficient (Wildman–Crippen LogP) is 2.44. The summed E-state index contributed by atoms with van der Waals surface area (Å²) in [5.74, 6) is -0.576. The fourth-order valence-electron chi connectivity index (χ4n) is 2.18. The average molecular weight is 257 g/mol. The van der Waals surface area contributed by atoms with E-state index in [0.717, 1.165) is 18.4 Å². The molecule has 3 nitrogen and oxygen atoms in total. The molecule has 1 unspecified atom stereocenters. The van der Waals surface area contributed by atoms with Crippen LogP contribution in [0.1, 0.15) is 24.5 Å². The standard InChI is InChI=1S/C16H17O3/c1-12(17)19-16-11-14-9-6-5-8-13(14)7-3-2-4-10-15(16)18/h3-6,8-10,16H,2,7,11H2,1H3/b10-4-. The maximum atomic E-state index is 12.0. The molecule has 1 aliphatic carbocycles. The first-order chi connectivity index (χ1) is 9.16. The van der Waals surface area contributed by atoms with E-state index in [-0.39, 0.29) is 5.78 Å². The minimum Gasteiger partial charge on any atom is -0.454 e. The number of carbonyl (C=O) groups excluding carboxylic acids is 2. The Bertz CT molecular complexity index is 502. The number of allylic oxidation sites excluding steroid dienone is 1. The number of hydrogen-bond acceptors (Lipinski definition) is 3. The molecule has 0 bridgehead atoms. The fourth-order valence-corrected chi connectivity index (χ4v) is 2.18. The first-order valence-corrected chi connectivity index (χ1v) is 6.43. The summed E-state index contributed by atoms with van der Waals surface area (Å²) in [4.78, 5) is 23.1. The van der Waals surface area contributed by atoms with E-state index in [4.69, 9.17) is 4.74 Å². The van der Waals surface area contributed by atoms with Gasteiger partial charge in [0, 0.05) is 13.3 Å². The van der Waals surface area contributed by atoms with Crippen molar-refractivity contribution in [1.29, 1.82) is 0 Å². The number of rotatable bonds is 1. The zero-order valence-electron chi connectivity index (χ0n) is 11.0. The van der Waals surface area contributed by atoms with Crippen LogP contribution < -0.4 is 0 Å². The van der Waals surface area contributed by atoms with E-state index in [0.29, 0.717) is 6.42 Å². The Labute approximate surface area is 113 Å². The molecule has 0 amide bonds. The molecular formula is C16H17O3. The highest BCUT2D eigenvalue weighted by Crippen LogP contribution is 2.17. The van der Waals surface area contributed by atoms with Crippen molar-refractivity contribution in [2.24, 2.45) is 0 Å². The second-order valence-electron chi connectivity index (χ2n) is 4.60. The van der Waals surface area contributed by atoms with Crippen molar-refractivity contribution in [2.75, 3.05) is 0 Å². The van der Waals surface area contributed by atoms with Crippen molar-refractivity contribution < 1.29 is 14.3 Å². The molecule has 1 radical (unpaired) electrons. The van der Waals surface area contributed by atoms with Crippen molar-refractivity contribution in [1.82, 2.24) is 0 Å². The third kappa shape index (κ3) is 3.78. The van der Waals surface area contributed by atoms with Crippen LogP contribution in [-0.2, 0) is 27.2 Å². The fraction of sp³-hybridized carbons (Fsp3) is 0.312. The first-order valence-electron chi connectivity index (χ1n) is 6.43. The van der Waals surface area contributed by atoms with E-state index >= 15 is 0 Å². The van der Waals surface area contributed by atoms with Gasteiger partial charge in [0.1, 0.15) is 0 Å². The van der Waals surface area contributed by atoms with Crippen molar-refractivity contribution in [3.05, 3.63) is 54.0 Å². The van der Waals surface area contributed by atoms with Crippen LogP contribution in [0, 0.1) is 6.42 Å². The SMILES string of the molecule is CC(=O)OC1Cc2ccccc2C[CH]C/C=C\C1=O. The van der Waals surface area contributed by atoms with E-state index in [9.17, 15) is 9.59 Å². The van der Waals surface area contributed by atoms with Gasteiger partial charge in [-0.05, 0) is 36.5 Å². The molecule has 99 valence electrons. The van der Waals surface area contributed by atoms with Crippen LogP contribution in [0.2, 0.25) is 0 Å². The Kier molecular flexibility index (Phi) is 4.50. The Morgan fingerprint density at radius 2 is 2.00 bits per heavy atom. The Balaban J connectivity index is 2.28. The highest BCUT2D eigenvalue weighted by atomic mass is 16.5. The van der Waals surface area contributed by atoms with E-state index in [1.165, 1.54) is 18.6 Å². The summed E-state index contributed by atoms with van der Waals surface area (Å²) < 4.78 is 5.14. The molecule has 1 aromatic rings. The van der Waals surface area contributed by atoms with Gasteiger partial charge < -0.3 is 4.74 Å². The topological polar surface area (TPSA) is 43.4 Å². The van der Waals surface area contributed by atoms with Crippen LogP contribution in [-0.4, -0.2) is 17.9 Å². The summed E-state index contributed by atoms with van der Waals surface area (Å²) in [7, 11) is 0. The number of esters is 1. The minimum absolute atomic E-state index is 0.152. The second-order valence-corrected chi connectivity index (χ2v) is 4.60. The molecule has 0 saturated heterocycles. The second kappa shape index (κ2) is 6.32. The minimum atomic E-state index is -0.715. The molecule has 1 atom stereocenters. The van der Waals surface area contributed by atoms with Gasteiger partial charge in [-0.25, -0.2) is 0 Å². The average Bonchev–Trinajstić information content (AvgIpc) is 2.38. The molecule has 3 heteroatoms. The van der Waals surface area contributed by atoms with Gasteiger partial charge in [-0.1, -0.05) is 30.3 Å². The molecular weight excluding hydrogens is 240 g/mol. The quantitative estimate of drug-likeness (QED) is 0.726. The molecule has 2 rings (SSSR count). The lowest BCUT2D eigenvalue weighted by Gasteiger charge is -2.17. The van der Waals surface area contributed by atoms with Crippen molar-refractivity contribution in [3.8, 4) is 0 Å². The summed E-state index contributed by atoms with van der Waals surface area (Å²) >= 11 is 0. The molecule has 0 aliphatic heterocycles. The van der Waals surface area contributed by atoms with Crippen molar-refractivity contribution in [2.45, 2.75) is 32.3 Å². The maximum Gasteiger partial charge on any atom is 0.303 e. The lowest BCUT2D eigenvalue weighted by Crippen LogP contribution is -2.28. The molecule has 19 heavy (non-hydrogen) atoms. The molecule has 0 fully saturated rings. The Morgan fingerprint density at radius 1 is 1.26 bits per heavy atom. The highest BCUT2D eigenvalue weighted by Gasteiger charge is 2.21. The molecule has 1 aromatic carbocycles. The molecule has 0 aromatic heterocycles. The van der Waals surface area contributed by atoms with Crippen LogP contribution in [0.5, 0.6) is 0 Å². The van der Waals surface area contributed by atoms with Crippen molar-refractivity contribution in [3.63, 3.8) is 0 Å². The summed E-state index contributed by atoms with van der Waals surface area (Å²) in [6, 6.07) is 7.96.